The predicted octanol–water partition coefficient (Wildman–Crippen LogP) is 4.96. The van der Waals surface area contributed by atoms with Crippen LogP contribution in [0.25, 0.3) is 0 Å². The van der Waals surface area contributed by atoms with Crippen LogP contribution < -0.4 is 5.32 Å². The van der Waals surface area contributed by atoms with Gasteiger partial charge in [-0.2, -0.15) is 0 Å². The Morgan fingerprint density at radius 3 is 2.39 bits per heavy atom. The first-order chi connectivity index (χ1) is 10.3. The Hall–Kier alpha value is 0.130. The van der Waals surface area contributed by atoms with E-state index in [-0.39, 0.29) is 36.7 Å². The number of nitrogens with one attached hydrogen (secondary N) is 1. The second kappa shape index (κ2) is 10.2. The Morgan fingerprint density at radius 1 is 1.09 bits per heavy atom. The highest BCUT2D eigenvalue weighted by atomic mass is 79.9. The van der Waals surface area contributed by atoms with Gasteiger partial charge in [0.25, 0.3) is 0 Å². The molecule has 2 aliphatic rings. The van der Waals surface area contributed by atoms with Gasteiger partial charge in [-0.3, -0.25) is 4.90 Å². The van der Waals surface area contributed by atoms with Crippen molar-refractivity contribution in [1.82, 2.24) is 10.2 Å². The second-order valence-electron chi connectivity index (χ2n) is 6.29. The molecule has 0 unspecified atom stereocenters. The molecular weight excluding hydrogens is 402 g/mol. The molecule has 6 heteroatoms. The van der Waals surface area contributed by atoms with Gasteiger partial charge in [-0.1, -0.05) is 35.2 Å². The van der Waals surface area contributed by atoms with Crippen LogP contribution in [0.15, 0.2) is 22.7 Å². The predicted molar refractivity (Wildman–Crippen MR) is 102 cm³/mol. The zero-order chi connectivity index (χ0) is 14.7. The molecule has 0 bridgehead atoms. The zero-order valence-corrected chi connectivity index (χ0v) is 16.5. The Balaban J connectivity index is 0.00000132. The average Bonchev–Trinajstić information content (AvgIpc) is 2.53. The van der Waals surface area contributed by atoms with Gasteiger partial charge in [-0.05, 0) is 37.0 Å². The highest BCUT2D eigenvalue weighted by Crippen LogP contribution is 2.40. The lowest BCUT2D eigenvalue weighted by Crippen LogP contribution is -2.47. The maximum absolute atomic E-state index is 14.5. The number of hydrogen-bond donors (Lipinski definition) is 1. The fourth-order valence-electron chi connectivity index (χ4n) is 3.90. The van der Waals surface area contributed by atoms with E-state index in [4.69, 9.17) is 0 Å². The summed E-state index contributed by atoms with van der Waals surface area (Å²) in [6.45, 7) is 4.07. The molecular formula is C17H26BrCl2FN2. The van der Waals surface area contributed by atoms with Crippen molar-refractivity contribution in [3.63, 3.8) is 0 Å². The third-order valence-electron chi connectivity index (χ3n) is 4.92. The molecule has 1 heterocycles. The van der Waals surface area contributed by atoms with Crippen molar-refractivity contribution < 1.29 is 4.39 Å². The van der Waals surface area contributed by atoms with E-state index < -0.39 is 0 Å². The number of halogens is 4. The molecule has 1 saturated carbocycles. The molecule has 1 aliphatic heterocycles. The van der Waals surface area contributed by atoms with Crippen molar-refractivity contribution in [2.45, 2.75) is 38.1 Å². The van der Waals surface area contributed by atoms with E-state index in [1.165, 1.54) is 32.1 Å². The molecule has 1 aromatic carbocycles. The summed E-state index contributed by atoms with van der Waals surface area (Å²) < 4.78 is 15.4. The van der Waals surface area contributed by atoms with Gasteiger partial charge >= 0.3 is 0 Å². The van der Waals surface area contributed by atoms with Crippen LogP contribution in [0.4, 0.5) is 4.39 Å². The van der Waals surface area contributed by atoms with Gasteiger partial charge < -0.3 is 5.32 Å². The molecule has 1 aliphatic carbocycles. The Labute approximate surface area is 159 Å². The fraction of sp³-hybridized carbons (Fsp3) is 0.647. The van der Waals surface area contributed by atoms with Gasteiger partial charge in [0.05, 0.1) is 0 Å². The SMILES string of the molecule is Cl.Cl.Fc1ccc(Br)cc1[C@H](C1CCCCC1)N1CCNCC1. The van der Waals surface area contributed by atoms with Gasteiger partial charge in [-0.25, -0.2) is 4.39 Å². The first-order valence-electron chi connectivity index (χ1n) is 8.15. The Bertz CT molecular complexity index is 460. The molecule has 0 radical (unpaired) electrons. The van der Waals surface area contributed by atoms with Crippen molar-refractivity contribution in [3.8, 4) is 0 Å². The van der Waals surface area contributed by atoms with Crippen LogP contribution in [0.1, 0.15) is 43.7 Å². The van der Waals surface area contributed by atoms with Crippen LogP contribution in [0.2, 0.25) is 0 Å². The van der Waals surface area contributed by atoms with Crippen LogP contribution in [0.3, 0.4) is 0 Å². The molecule has 1 aromatic rings. The summed E-state index contributed by atoms with van der Waals surface area (Å²) in [5.41, 5.74) is 0.887. The molecule has 0 spiro atoms. The summed E-state index contributed by atoms with van der Waals surface area (Å²) in [5.74, 6) is 0.549. The summed E-state index contributed by atoms with van der Waals surface area (Å²) in [6.07, 6.45) is 6.40. The Kier molecular flexibility index (Phi) is 9.39. The lowest BCUT2D eigenvalue weighted by Gasteiger charge is -2.41. The van der Waals surface area contributed by atoms with Crippen LogP contribution >= 0.6 is 40.7 Å². The summed E-state index contributed by atoms with van der Waals surface area (Å²) in [7, 11) is 0. The number of piperazine rings is 1. The van der Waals surface area contributed by atoms with E-state index in [9.17, 15) is 4.39 Å². The maximum atomic E-state index is 14.5. The summed E-state index contributed by atoms with van der Waals surface area (Å²) in [6, 6.07) is 5.65. The largest absolute Gasteiger partial charge is 0.314 e. The van der Waals surface area contributed by atoms with Crippen molar-refractivity contribution in [1.29, 1.82) is 0 Å². The van der Waals surface area contributed by atoms with E-state index >= 15 is 0 Å². The van der Waals surface area contributed by atoms with E-state index in [0.717, 1.165) is 36.2 Å². The highest BCUT2D eigenvalue weighted by molar-refractivity contribution is 9.10. The minimum absolute atomic E-state index is 0. The molecule has 132 valence electrons. The van der Waals surface area contributed by atoms with Crippen LogP contribution in [-0.2, 0) is 0 Å². The summed E-state index contributed by atoms with van der Waals surface area (Å²) in [5, 5.41) is 3.41. The number of rotatable bonds is 3. The van der Waals surface area contributed by atoms with Gasteiger partial charge in [0.2, 0.25) is 0 Å². The van der Waals surface area contributed by atoms with Gasteiger partial charge in [-0.15, -0.1) is 24.8 Å². The third-order valence-corrected chi connectivity index (χ3v) is 5.41. The van der Waals surface area contributed by atoms with Crippen molar-refractivity contribution in [3.05, 3.63) is 34.1 Å². The Morgan fingerprint density at radius 2 is 1.74 bits per heavy atom. The quantitative estimate of drug-likeness (QED) is 0.733. The highest BCUT2D eigenvalue weighted by Gasteiger charge is 2.32. The van der Waals surface area contributed by atoms with Crippen molar-refractivity contribution >= 4 is 40.7 Å². The van der Waals surface area contributed by atoms with Gasteiger partial charge in [0.1, 0.15) is 5.82 Å². The van der Waals surface area contributed by atoms with Crippen molar-refractivity contribution in [2.24, 2.45) is 5.92 Å². The monoisotopic (exact) mass is 426 g/mol. The minimum atomic E-state index is -0.0488. The number of nitrogens with zero attached hydrogens (tertiary/aromatic N) is 1. The number of hydrogen-bond acceptors (Lipinski definition) is 2. The molecule has 1 N–H and O–H groups in total. The summed E-state index contributed by atoms with van der Waals surface area (Å²) in [4.78, 5) is 2.50. The van der Waals surface area contributed by atoms with E-state index in [2.05, 4.69) is 26.1 Å². The average molecular weight is 428 g/mol. The van der Waals surface area contributed by atoms with Crippen LogP contribution in [0, 0.1) is 11.7 Å². The van der Waals surface area contributed by atoms with Gasteiger partial charge in [0.15, 0.2) is 0 Å². The van der Waals surface area contributed by atoms with E-state index in [0.29, 0.717) is 5.92 Å². The lowest BCUT2D eigenvalue weighted by atomic mass is 9.80. The molecule has 23 heavy (non-hydrogen) atoms. The molecule has 0 aromatic heterocycles. The zero-order valence-electron chi connectivity index (χ0n) is 13.3. The van der Waals surface area contributed by atoms with Crippen LogP contribution in [0.5, 0.6) is 0 Å². The maximum Gasteiger partial charge on any atom is 0.128 e. The lowest BCUT2D eigenvalue weighted by molar-refractivity contribution is 0.101. The molecule has 2 nitrogen and oxygen atoms in total. The molecule has 2 fully saturated rings. The third kappa shape index (κ3) is 5.30. The smallest absolute Gasteiger partial charge is 0.128 e. The molecule has 0 amide bonds. The minimum Gasteiger partial charge on any atom is -0.314 e. The first kappa shape index (κ1) is 21.2. The normalized spacial score (nSPS) is 21.1. The fourth-order valence-corrected chi connectivity index (χ4v) is 4.28. The molecule has 1 saturated heterocycles. The second-order valence-corrected chi connectivity index (χ2v) is 7.21. The van der Waals surface area contributed by atoms with E-state index in [1.807, 2.05) is 6.07 Å². The van der Waals surface area contributed by atoms with Crippen LogP contribution in [-0.4, -0.2) is 31.1 Å². The van der Waals surface area contributed by atoms with Gasteiger partial charge in [0, 0.05) is 42.3 Å². The molecule has 3 rings (SSSR count). The first-order valence-corrected chi connectivity index (χ1v) is 8.95. The standard InChI is InChI=1S/C17H24BrFN2.2ClH/c18-14-6-7-16(19)15(12-14)17(13-4-2-1-3-5-13)21-10-8-20-9-11-21;;/h6-7,12-13,17,20H,1-5,8-11H2;2*1H/t17-;;/m0../s1. The number of benzene rings is 1. The molecule has 1 atom stereocenters. The van der Waals surface area contributed by atoms with Crippen molar-refractivity contribution in [2.75, 3.05) is 26.2 Å². The van der Waals surface area contributed by atoms with E-state index in [1.54, 1.807) is 12.1 Å². The topological polar surface area (TPSA) is 15.3 Å². The summed E-state index contributed by atoms with van der Waals surface area (Å²) >= 11 is 3.52.